The van der Waals surface area contributed by atoms with Crippen LogP contribution in [0.5, 0.6) is 0 Å². The van der Waals surface area contributed by atoms with E-state index in [1.165, 1.54) is 12.1 Å². The normalized spacial score (nSPS) is 16.5. The summed E-state index contributed by atoms with van der Waals surface area (Å²) in [5, 5.41) is 17.6. The predicted molar refractivity (Wildman–Crippen MR) is 91.0 cm³/mol. The van der Waals surface area contributed by atoms with Gasteiger partial charge in [-0.1, -0.05) is 24.3 Å². The molecule has 3 aromatic rings. The maximum atomic E-state index is 13.8. The SMILES string of the molecule is CNC1=C([N+](=O)[O-])C(c2cccc(F)c2)n2c(nc3ccccc32)N1. The molecule has 1 atom stereocenters. The minimum Gasteiger partial charge on any atom is -0.369 e. The van der Waals surface area contributed by atoms with E-state index in [2.05, 4.69) is 15.6 Å². The zero-order chi connectivity index (χ0) is 17.6. The van der Waals surface area contributed by atoms with E-state index >= 15 is 0 Å². The van der Waals surface area contributed by atoms with E-state index < -0.39 is 16.8 Å². The van der Waals surface area contributed by atoms with Crippen LogP contribution in [0.3, 0.4) is 0 Å². The standard InChI is InChI=1S/C17H14FN5O2/c1-19-16-15(23(24)25)14(10-5-4-6-11(18)9-10)22-13-8-3-2-7-12(13)20-17(22)21-16/h2-9,14,19H,1H3,(H,20,21). The molecule has 0 fully saturated rings. The number of rotatable bonds is 3. The van der Waals surface area contributed by atoms with Crippen LogP contribution >= 0.6 is 0 Å². The average molecular weight is 339 g/mol. The molecule has 1 unspecified atom stereocenters. The zero-order valence-electron chi connectivity index (χ0n) is 13.2. The molecule has 0 bridgehead atoms. The van der Waals surface area contributed by atoms with Gasteiger partial charge in [0.2, 0.25) is 5.95 Å². The van der Waals surface area contributed by atoms with Gasteiger partial charge in [-0.15, -0.1) is 0 Å². The van der Waals surface area contributed by atoms with Gasteiger partial charge < -0.3 is 10.6 Å². The second kappa shape index (κ2) is 5.59. The molecule has 4 rings (SSSR count). The third-order valence-corrected chi connectivity index (χ3v) is 4.22. The third kappa shape index (κ3) is 2.30. The van der Waals surface area contributed by atoms with Crippen molar-refractivity contribution in [2.75, 3.05) is 12.4 Å². The number of nitro groups is 1. The van der Waals surface area contributed by atoms with Gasteiger partial charge in [0.1, 0.15) is 5.82 Å². The summed E-state index contributed by atoms with van der Waals surface area (Å²) >= 11 is 0. The molecule has 0 aliphatic carbocycles. The molecule has 2 heterocycles. The van der Waals surface area contributed by atoms with Crippen molar-refractivity contribution in [2.45, 2.75) is 6.04 Å². The van der Waals surface area contributed by atoms with Crippen LogP contribution in [0, 0.1) is 15.9 Å². The second-order valence-electron chi connectivity index (χ2n) is 5.64. The molecule has 2 N–H and O–H groups in total. The lowest BCUT2D eigenvalue weighted by molar-refractivity contribution is -0.432. The van der Waals surface area contributed by atoms with Crippen LogP contribution < -0.4 is 10.6 Å². The fraction of sp³-hybridized carbons (Fsp3) is 0.118. The van der Waals surface area contributed by atoms with Crippen molar-refractivity contribution in [3.8, 4) is 0 Å². The van der Waals surface area contributed by atoms with Crippen molar-refractivity contribution < 1.29 is 9.31 Å². The molecule has 0 spiro atoms. The van der Waals surface area contributed by atoms with Gasteiger partial charge >= 0.3 is 5.70 Å². The number of fused-ring (bicyclic) bond motifs is 3. The first-order valence-corrected chi connectivity index (χ1v) is 7.66. The summed E-state index contributed by atoms with van der Waals surface area (Å²) < 4.78 is 15.5. The first-order valence-electron chi connectivity index (χ1n) is 7.66. The Morgan fingerprint density at radius 1 is 1.28 bits per heavy atom. The molecule has 0 radical (unpaired) electrons. The van der Waals surface area contributed by atoms with E-state index in [1.54, 1.807) is 23.7 Å². The summed E-state index contributed by atoms with van der Waals surface area (Å²) in [6.45, 7) is 0. The quantitative estimate of drug-likeness (QED) is 0.566. The Balaban J connectivity index is 2.05. The Hall–Kier alpha value is -3.42. The number of nitrogens with one attached hydrogen (secondary N) is 2. The smallest absolute Gasteiger partial charge is 0.313 e. The van der Waals surface area contributed by atoms with E-state index in [1.807, 2.05) is 24.3 Å². The summed E-state index contributed by atoms with van der Waals surface area (Å²) in [6, 6.07) is 12.4. The Morgan fingerprint density at radius 2 is 2.08 bits per heavy atom. The van der Waals surface area contributed by atoms with Gasteiger partial charge in [-0.25, -0.2) is 9.37 Å². The minimum atomic E-state index is -0.809. The number of hydrogen-bond donors (Lipinski definition) is 2. The predicted octanol–water partition coefficient (Wildman–Crippen LogP) is 2.86. The van der Waals surface area contributed by atoms with Gasteiger partial charge in [0.15, 0.2) is 11.9 Å². The van der Waals surface area contributed by atoms with Gasteiger partial charge in [-0.2, -0.15) is 0 Å². The zero-order valence-corrected chi connectivity index (χ0v) is 13.2. The van der Waals surface area contributed by atoms with E-state index in [-0.39, 0.29) is 11.5 Å². The molecule has 0 saturated heterocycles. The fourth-order valence-electron chi connectivity index (χ4n) is 3.19. The molecule has 0 amide bonds. The van der Waals surface area contributed by atoms with Crippen molar-refractivity contribution in [3.05, 3.63) is 81.5 Å². The van der Waals surface area contributed by atoms with Gasteiger partial charge in [0.25, 0.3) is 0 Å². The number of anilines is 1. The van der Waals surface area contributed by atoms with Crippen LogP contribution in [0.2, 0.25) is 0 Å². The average Bonchev–Trinajstić information content (AvgIpc) is 2.98. The topological polar surface area (TPSA) is 85.0 Å². The monoisotopic (exact) mass is 339 g/mol. The fourth-order valence-corrected chi connectivity index (χ4v) is 3.19. The van der Waals surface area contributed by atoms with E-state index in [0.717, 1.165) is 5.52 Å². The first-order chi connectivity index (χ1) is 12.1. The molecule has 0 saturated carbocycles. The second-order valence-corrected chi connectivity index (χ2v) is 5.64. The number of allylic oxidation sites excluding steroid dienone is 1. The number of benzene rings is 2. The third-order valence-electron chi connectivity index (χ3n) is 4.22. The summed E-state index contributed by atoms with van der Waals surface area (Å²) in [5.74, 6) is 0.253. The number of halogens is 1. The van der Waals surface area contributed by atoms with Crippen molar-refractivity contribution >= 4 is 17.0 Å². The van der Waals surface area contributed by atoms with E-state index in [4.69, 9.17) is 0 Å². The van der Waals surface area contributed by atoms with Crippen LogP contribution in [0.1, 0.15) is 11.6 Å². The largest absolute Gasteiger partial charge is 0.369 e. The van der Waals surface area contributed by atoms with E-state index in [9.17, 15) is 14.5 Å². The number of imidazole rings is 1. The highest BCUT2D eigenvalue weighted by molar-refractivity contribution is 5.80. The van der Waals surface area contributed by atoms with E-state index in [0.29, 0.717) is 17.0 Å². The Labute approximate surface area is 141 Å². The number of aromatic nitrogens is 2. The molecule has 1 aliphatic heterocycles. The minimum absolute atomic E-state index is 0.0937. The maximum absolute atomic E-state index is 13.8. The number of para-hydroxylation sites is 2. The van der Waals surface area contributed by atoms with Crippen molar-refractivity contribution in [1.29, 1.82) is 0 Å². The van der Waals surface area contributed by atoms with Gasteiger partial charge in [-0.05, 0) is 29.8 Å². The molecule has 1 aliphatic rings. The summed E-state index contributed by atoms with van der Waals surface area (Å²) in [5.41, 5.74) is 1.81. The molecular formula is C17H14FN5O2. The maximum Gasteiger partial charge on any atom is 0.313 e. The highest BCUT2D eigenvalue weighted by atomic mass is 19.1. The van der Waals surface area contributed by atoms with Crippen LogP contribution in [-0.4, -0.2) is 21.5 Å². The lowest BCUT2D eigenvalue weighted by Gasteiger charge is -2.26. The molecule has 1 aromatic heterocycles. The van der Waals surface area contributed by atoms with Gasteiger partial charge in [0, 0.05) is 7.05 Å². The summed E-state index contributed by atoms with van der Waals surface area (Å²) in [7, 11) is 1.59. The first kappa shape index (κ1) is 15.1. The molecule has 25 heavy (non-hydrogen) atoms. The molecule has 126 valence electrons. The van der Waals surface area contributed by atoms with Crippen LogP contribution in [0.25, 0.3) is 11.0 Å². The molecule has 8 heteroatoms. The summed E-state index contributed by atoms with van der Waals surface area (Å²) in [4.78, 5) is 15.9. The van der Waals surface area contributed by atoms with Crippen LogP contribution in [0.4, 0.5) is 10.3 Å². The lowest BCUT2D eigenvalue weighted by Crippen LogP contribution is -2.33. The Kier molecular flexibility index (Phi) is 3.38. The Morgan fingerprint density at radius 3 is 2.80 bits per heavy atom. The highest BCUT2D eigenvalue weighted by Gasteiger charge is 2.39. The summed E-state index contributed by atoms with van der Waals surface area (Å²) in [6.07, 6.45) is 0. The lowest BCUT2D eigenvalue weighted by atomic mass is 10.0. The van der Waals surface area contributed by atoms with Crippen molar-refractivity contribution in [3.63, 3.8) is 0 Å². The molecular weight excluding hydrogens is 325 g/mol. The molecule has 7 nitrogen and oxygen atoms in total. The number of nitrogens with zero attached hydrogens (tertiary/aromatic N) is 3. The number of hydrogen-bond acceptors (Lipinski definition) is 5. The molecule has 2 aromatic carbocycles. The van der Waals surface area contributed by atoms with Crippen molar-refractivity contribution in [2.24, 2.45) is 0 Å². The van der Waals surface area contributed by atoms with Crippen LogP contribution in [0.15, 0.2) is 60.0 Å². The van der Waals surface area contributed by atoms with Crippen molar-refractivity contribution in [1.82, 2.24) is 14.9 Å². The van der Waals surface area contributed by atoms with Gasteiger partial charge in [0.05, 0.1) is 16.0 Å². The van der Waals surface area contributed by atoms with Crippen LogP contribution in [-0.2, 0) is 0 Å². The van der Waals surface area contributed by atoms with Gasteiger partial charge in [-0.3, -0.25) is 14.7 Å². The highest BCUT2D eigenvalue weighted by Crippen LogP contribution is 2.38. The Bertz CT molecular complexity index is 1030.